The Bertz CT molecular complexity index is 1080. The Labute approximate surface area is 181 Å². The molecule has 0 heterocycles. The summed E-state index contributed by atoms with van der Waals surface area (Å²) in [6.07, 6.45) is -1.67. The van der Waals surface area contributed by atoms with Gasteiger partial charge in [0.05, 0.1) is 27.4 Å². The molecule has 11 heteroatoms. The molecule has 1 aliphatic carbocycles. The van der Waals surface area contributed by atoms with Gasteiger partial charge in [0, 0.05) is 23.4 Å². The third kappa shape index (κ3) is 5.03. The third-order valence-corrected chi connectivity index (χ3v) is 7.93. The lowest BCUT2D eigenvalue weighted by molar-refractivity contribution is 0.0157. The topological polar surface area (TPSA) is 104 Å². The molecule has 3 rings (SSSR count). The van der Waals surface area contributed by atoms with Crippen LogP contribution in [0.15, 0.2) is 35.2 Å². The quantitative estimate of drug-likeness (QED) is 0.462. The van der Waals surface area contributed by atoms with Crippen LogP contribution in [-0.2, 0) is 9.84 Å². The number of anilines is 1. The molecule has 0 aliphatic heterocycles. The molecule has 0 aromatic heterocycles. The number of rotatable bonds is 4. The van der Waals surface area contributed by atoms with Crippen LogP contribution >= 0.6 is 11.6 Å². The smallest absolute Gasteiger partial charge is 0.255 e. The van der Waals surface area contributed by atoms with E-state index >= 15 is 0 Å². The normalized spacial score (nSPS) is 20.3. The van der Waals surface area contributed by atoms with E-state index in [0.29, 0.717) is 12.1 Å². The molecule has 0 saturated heterocycles. The maximum absolute atomic E-state index is 13.4. The highest BCUT2D eigenvalue weighted by Gasteiger charge is 2.34. The van der Waals surface area contributed by atoms with Gasteiger partial charge in [0.1, 0.15) is 0 Å². The Hall–Kier alpha value is -2.14. The van der Waals surface area contributed by atoms with Crippen LogP contribution in [0.3, 0.4) is 0 Å². The van der Waals surface area contributed by atoms with Gasteiger partial charge in [-0.05, 0) is 43.9 Å². The second kappa shape index (κ2) is 9.15. The molecule has 0 radical (unpaired) electrons. The van der Waals surface area contributed by atoms with Crippen molar-refractivity contribution in [1.82, 2.24) is 0 Å². The van der Waals surface area contributed by atoms with Gasteiger partial charge in [-0.1, -0.05) is 11.6 Å². The summed E-state index contributed by atoms with van der Waals surface area (Å²) in [6.45, 7) is 0. The van der Waals surface area contributed by atoms with Crippen LogP contribution in [0.4, 0.5) is 18.9 Å². The van der Waals surface area contributed by atoms with Crippen molar-refractivity contribution >= 4 is 33.0 Å². The molecule has 1 saturated carbocycles. The summed E-state index contributed by atoms with van der Waals surface area (Å²) in [6, 6.07) is 4.65. The van der Waals surface area contributed by atoms with Crippen LogP contribution < -0.4 is 5.32 Å². The van der Waals surface area contributed by atoms with Gasteiger partial charge in [-0.15, -0.1) is 0 Å². The number of sulfone groups is 1. The van der Waals surface area contributed by atoms with Gasteiger partial charge < -0.3 is 15.5 Å². The highest BCUT2D eigenvalue weighted by Crippen LogP contribution is 2.32. The Morgan fingerprint density at radius 1 is 0.968 bits per heavy atom. The summed E-state index contributed by atoms with van der Waals surface area (Å²) >= 11 is 6.07. The number of carbonyl (C=O) groups excluding carboxylic acids is 1. The summed E-state index contributed by atoms with van der Waals surface area (Å²) in [7, 11) is -4.01. The van der Waals surface area contributed by atoms with Crippen molar-refractivity contribution in [1.29, 1.82) is 0 Å². The molecule has 168 valence electrons. The highest BCUT2D eigenvalue weighted by molar-refractivity contribution is 7.92. The molecular weight excluding hydrogens is 459 g/mol. The molecule has 0 bridgehead atoms. The van der Waals surface area contributed by atoms with Gasteiger partial charge in [0.25, 0.3) is 5.91 Å². The second-order valence-corrected chi connectivity index (χ2v) is 9.91. The first kappa shape index (κ1) is 23.5. The zero-order valence-corrected chi connectivity index (χ0v) is 17.6. The molecule has 2 aromatic rings. The molecule has 6 nitrogen and oxygen atoms in total. The van der Waals surface area contributed by atoms with Crippen molar-refractivity contribution in [2.24, 2.45) is 0 Å². The molecule has 1 aliphatic rings. The Morgan fingerprint density at radius 3 is 2.06 bits per heavy atom. The number of hydrogen-bond donors (Lipinski definition) is 3. The lowest BCUT2D eigenvalue weighted by atomic mass is 10.1. The SMILES string of the molecule is O=C(Nc1cc(F)c(F)c(F)c1)c1ccc(Cl)c(S(=O)(=O)C2CC[C@H](O)[C@@H](O)CC2)c1. The molecule has 2 atom stereocenters. The lowest BCUT2D eigenvalue weighted by Gasteiger charge is -2.17. The fourth-order valence-electron chi connectivity index (χ4n) is 3.43. The predicted molar refractivity (Wildman–Crippen MR) is 107 cm³/mol. The van der Waals surface area contributed by atoms with Crippen LogP contribution in [0.5, 0.6) is 0 Å². The van der Waals surface area contributed by atoms with Crippen LogP contribution in [0, 0.1) is 17.5 Å². The van der Waals surface area contributed by atoms with Crippen molar-refractivity contribution < 1.29 is 36.6 Å². The van der Waals surface area contributed by atoms with Crippen molar-refractivity contribution in [3.8, 4) is 0 Å². The fourth-order valence-corrected chi connectivity index (χ4v) is 5.75. The Kier molecular flexibility index (Phi) is 6.95. The molecule has 31 heavy (non-hydrogen) atoms. The number of halogens is 4. The van der Waals surface area contributed by atoms with E-state index in [1.165, 1.54) is 12.1 Å². The van der Waals surface area contributed by atoms with E-state index in [1.807, 2.05) is 0 Å². The number of hydrogen-bond acceptors (Lipinski definition) is 5. The maximum atomic E-state index is 13.4. The molecular formula is C20H19ClF3NO5S. The first-order valence-corrected chi connectivity index (χ1v) is 11.3. The molecule has 0 spiro atoms. The van der Waals surface area contributed by atoms with E-state index in [4.69, 9.17) is 11.6 Å². The zero-order valence-electron chi connectivity index (χ0n) is 16.0. The van der Waals surface area contributed by atoms with Crippen molar-refractivity contribution in [3.05, 3.63) is 58.4 Å². The predicted octanol–water partition coefficient (Wildman–Crippen LogP) is 3.45. The van der Waals surface area contributed by atoms with Crippen molar-refractivity contribution in [2.45, 2.75) is 48.0 Å². The maximum Gasteiger partial charge on any atom is 0.255 e. The highest BCUT2D eigenvalue weighted by atomic mass is 35.5. The lowest BCUT2D eigenvalue weighted by Crippen LogP contribution is -2.23. The van der Waals surface area contributed by atoms with Gasteiger partial charge in [0.15, 0.2) is 27.3 Å². The second-order valence-electron chi connectivity index (χ2n) is 7.31. The van der Waals surface area contributed by atoms with E-state index in [-0.39, 0.29) is 46.9 Å². The van der Waals surface area contributed by atoms with E-state index in [0.717, 1.165) is 6.07 Å². The van der Waals surface area contributed by atoms with Gasteiger partial charge in [0.2, 0.25) is 0 Å². The summed E-state index contributed by atoms with van der Waals surface area (Å²) in [5.41, 5.74) is -0.505. The van der Waals surface area contributed by atoms with E-state index in [1.54, 1.807) is 0 Å². The summed E-state index contributed by atoms with van der Waals surface area (Å²) < 4.78 is 66.0. The number of aliphatic hydroxyl groups excluding tert-OH is 2. The molecule has 1 fully saturated rings. The molecule has 1 amide bonds. The fraction of sp³-hybridized carbons (Fsp3) is 0.350. The monoisotopic (exact) mass is 477 g/mol. The number of amides is 1. The summed E-state index contributed by atoms with van der Waals surface area (Å²) in [4.78, 5) is 12.2. The van der Waals surface area contributed by atoms with Crippen LogP contribution in [0.1, 0.15) is 36.0 Å². The van der Waals surface area contributed by atoms with Gasteiger partial charge in [-0.2, -0.15) is 0 Å². The Morgan fingerprint density at radius 2 is 1.52 bits per heavy atom. The minimum atomic E-state index is -4.01. The van der Waals surface area contributed by atoms with Gasteiger partial charge in [-0.25, -0.2) is 21.6 Å². The van der Waals surface area contributed by atoms with E-state index in [9.17, 15) is 36.6 Å². The largest absolute Gasteiger partial charge is 0.390 e. The van der Waals surface area contributed by atoms with E-state index in [2.05, 4.69) is 5.32 Å². The molecule has 0 unspecified atom stereocenters. The van der Waals surface area contributed by atoms with Gasteiger partial charge >= 0.3 is 0 Å². The van der Waals surface area contributed by atoms with Crippen LogP contribution in [0.2, 0.25) is 5.02 Å². The molecule has 3 N–H and O–H groups in total. The summed E-state index contributed by atoms with van der Waals surface area (Å²) in [5.74, 6) is -5.55. The summed E-state index contributed by atoms with van der Waals surface area (Å²) in [5, 5.41) is 20.7. The third-order valence-electron chi connectivity index (χ3n) is 5.19. The first-order chi connectivity index (χ1) is 14.5. The standard InChI is InChI=1S/C20H19ClF3NO5S/c21-13-4-1-10(20(28)25-11-8-14(22)19(24)15(23)9-11)7-18(13)31(29,30)12-2-5-16(26)17(27)6-3-12/h1,4,7-9,12,16-17,26-27H,2-3,5-6H2,(H,25,28)/t16-,17-/m0/s1. The number of nitrogens with one attached hydrogen (secondary N) is 1. The van der Waals surface area contributed by atoms with Crippen LogP contribution in [-0.4, -0.2) is 42.0 Å². The number of carbonyl (C=O) groups is 1. The van der Waals surface area contributed by atoms with Crippen LogP contribution in [0.25, 0.3) is 0 Å². The number of aliphatic hydroxyl groups is 2. The number of benzene rings is 2. The minimum Gasteiger partial charge on any atom is -0.390 e. The van der Waals surface area contributed by atoms with Gasteiger partial charge in [-0.3, -0.25) is 4.79 Å². The van der Waals surface area contributed by atoms with Crippen molar-refractivity contribution in [3.63, 3.8) is 0 Å². The average Bonchev–Trinajstić information content (AvgIpc) is 2.88. The average molecular weight is 478 g/mol. The minimum absolute atomic E-state index is 0.0879. The van der Waals surface area contributed by atoms with E-state index < -0.39 is 50.7 Å². The van der Waals surface area contributed by atoms with Crippen molar-refractivity contribution in [2.75, 3.05) is 5.32 Å². The first-order valence-electron chi connectivity index (χ1n) is 9.36. The molecule has 2 aromatic carbocycles. The Balaban J connectivity index is 1.88. The zero-order chi connectivity index (χ0) is 22.9.